The van der Waals surface area contributed by atoms with Crippen molar-refractivity contribution in [1.82, 2.24) is 9.80 Å². The fourth-order valence-corrected chi connectivity index (χ4v) is 5.69. The number of hydrogen-bond donors (Lipinski definition) is 0. The van der Waals surface area contributed by atoms with Crippen LogP contribution in [0.25, 0.3) is 6.08 Å². The quantitative estimate of drug-likeness (QED) is 0.340. The maximum Gasteiger partial charge on any atom is 0.344 e. The smallest absolute Gasteiger partial charge is 0.344 e. The second kappa shape index (κ2) is 11.5. The molecule has 0 spiro atoms. The number of esters is 1. The first-order chi connectivity index (χ1) is 17.3. The summed E-state index contributed by atoms with van der Waals surface area (Å²) in [5, 5.41) is -0.295. The van der Waals surface area contributed by atoms with Crippen LogP contribution in [-0.2, 0) is 32.1 Å². The van der Waals surface area contributed by atoms with Gasteiger partial charge in [-0.15, -0.1) is 0 Å². The number of thioether (sulfide) groups is 1. The molecule has 0 N–H and O–H groups in total. The lowest BCUT2D eigenvalue weighted by atomic mass is 10.00. The fourth-order valence-electron chi connectivity index (χ4n) is 3.87. The summed E-state index contributed by atoms with van der Waals surface area (Å²) >= 11 is 10.4. The molecular weight excluding hydrogens is 572 g/mol. The molecule has 1 fully saturated rings. The SMILES string of the molecule is CCOC(=O)COc1c(Cl)cc(/C=C2\SC(=O)N(CC(=O)N3CCc4ccccc4C3)C2=O)cc1Br. The predicted molar refractivity (Wildman–Crippen MR) is 140 cm³/mol. The lowest BCUT2D eigenvalue weighted by molar-refractivity contribution is -0.145. The van der Waals surface area contributed by atoms with Crippen LogP contribution in [0.5, 0.6) is 5.75 Å². The van der Waals surface area contributed by atoms with Crippen LogP contribution in [0.4, 0.5) is 4.79 Å². The first kappa shape index (κ1) is 26.2. The molecular formula is C25H22BrClN2O6S. The van der Waals surface area contributed by atoms with E-state index in [9.17, 15) is 19.2 Å². The predicted octanol–water partition coefficient (Wildman–Crippen LogP) is 4.67. The first-order valence-electron chi connectivity index (χ1n) is 11.1. The van der Waals surface area contributed by atoms with Crippen LogP contribution >= 0.6 is 39.3 Å². The molecule has 11 heteroatoms. The van der Waals surface area contributed by atoms with Crippen LogP contribution in [0.1, 0.15) is 23.6 Å². The number of rotatable bonds is 7. The molecule has 2 heterocycles. The topological polar surface area (TPSA) is 93.2 Å². The Labute approximate surface area is 225 Å². The van der Waals surface area contributed by atoms with E-state index in [1.807, 2.05) is 24.3 Å². The largest absolute Gasteiger partial charge is 0.479 e. The Morgan fingerprint density at radius 2 is 1.94 bits per heavy atom. The number of nitrogens with zero attached hydrogens (tertiary/aromatic N) is 2. The highest BCUT2D eigenvalue weighted by molar-refractivity contribution is 9.10. The van der Waals surface area contributed by atoms with Crippen LogP contribution < -0.4 is 4.74 Å². The van der Waals surface area contributed by atoms with Crippen LogP contribution in [0.3, 0.4) is 0 Å². The lowest BCUT2D eigenvalue weighted by Crippen LogP contribution is -2.44. The van der Waals surface area contributed by atoms with Crippen LogP contribution in [-0.4, -0.2) is 59.1 Å². The molecule has 2 aromatic carbocycles. The molecule has 0 bridgehead atoms. The second-order valence-electron chi connectivity index (χ2n) is 8.01. The monoisotopic (exact) mass is 592 g/mol. The number of hydrogen-bond acceptors (Lipinski definition) is 7. The summed E-state index contributed by atoms with van der Waals surface area (Å²) < 4.78 is 10.7. The number of carbonyl (C=O) groups is 4. The van der Waals surface area contributed by atoms with Crippen molar-refractivity contribution >= 4 is 68.4 Å². The van der Waals surface area contributed by atoms with Gasteiger partial charge in [-0.3, -0.25) is 19.3 Å². The van der Waals surface area contributed by atoms with Gasteiger partial charge in [0.25, 0.3) is 11.1 Å². The minimum absolute atomic E-state index is 0.181. The van der Waals surface area contributed by atoms with Gasteiger partial charge in [-0.05, 0) is 75.9 Å². The molecule has 2 aliphatic rings. The van der Waals surface area contributed by atoms with Crippen LogP contribution in [0.2, 0.25) is 5.02 Å². The van der Waals surface area contributed by atoms with Crippen molar-refractivity contribution in [3.63, 3.8) is 0 Å². The zero-order valence-electron chi connectivity index (χ0n) is 19.3. The van der Waals surface area contributed by atoms with E-state index in [1.54, 1.807) is 24.0 Å². The number of halogens is 2. The van der Waals surface area contributed by atoms with Gasteiger partial charge in [0.2, 0.25) is 5.91 Å². The Balaban J connectivity index is 1.43. The number of carbonyl (C=O) groups excluding carboxylic acids is 4. The second-order valence-corrected chi connectivity index (χ2v) is 10.3. The third-order valence-corrected chi connectivity index (χ3v) is 7.39. The Morgan fingerprint density at radius 3 is 2.67 bits per heavy atom. The van der Waals surface area contributed by atoms with Crippen LogP contribution in [0, 0.1) is 0 Å². The van der Waals surface area contributed by atoms with Crippen molar-refractivity contribution in [2.24, 2.45) is 0 Å². The molecule has 0 saturated carbocycles. The molecule has 0 aliphatic carbocycles. The molecule has 0 unspecified atom stereocenters. The number of fused-ring (bicyclic) bond motifs is 1. The molecule has 8 nitrogen and oxygen atoms in total. The molecule has 188 valence electrons. The van der Waals surface area contributed by atoms with Crippen molar-refractivity contribution in [3.8, 4) is 5.75 Å². The molecule has 36 heavy (non-hydrogen) atoms. The standard InChI is InChI=1S/C25H22BrClN2O6S/c1-2-34-22(31)14-35-23-18(26)9-15(10-19(23)27)11-20-24(32)29(25(33)36-20)13-21(30)28-8-7-16-5-3-4-6-17(16)12-28/h3-6,9-11H,2,7-8,12-14H2,1H3/b20-11-. The van der Waals surface area contributed by atoms with E-state index >= 15 is 0 Å². The van der Waals surface area contributed by atoms with E-state index in [2.05, 4.69) is 15.9 Å². The summed E-state index contributed by atoms with van der Waals surface area (Å²) in [4.78, 5) is 52.7. The number of benzene rings is 2. The van der Waals surface area contributed by atoms with Crippen molar-refractivity contribution in [3.05, 3.63) is 67.5 Å². The van der Waals surface area contributed by atoms with E-state index in [0.717, 1.165) is 28.6 Å². The van der Waals surface area contributed by atoms with Gasteiger partial charge in [0, 0.05) is 13.1 Å². The zero-order valence-corrected chi connectivity index (χ0v) is 22.5. The summed E-state index contributed by atoms with van der Waals surface area (Å²) in [6.07, 6.45) is 2.26. The minimum atomic E-state index is -0.536. The molecule has 1 saturated heterocycles. The maximum atomic E-state index is 12.9. The van der Waals surface area contributed by atoms with Crippen LogP contribution in [0.15, 0.2) is 45.8 Å². The van der Waals surface area contributed by atoms with Gasteiger partial charge < -0.3 is 14.4 Å². The Hall–Kier alpha value is -2.82. The van der Waals surface area contributed by atoms with Crippen molar-refractivity contribution < 1.29 is 28.7 Å². The Morgan fingerprint density at radius 1 is 1.19 bits per heavy atom. The van der Waals surface area contributed by atoms with Gasteiger partial charge in [0.15, 0.2) is 12.4 Å². The number of amides is 3. The van der Waals surface area contributed by atoms with Gasteiger partial charge in [0.05, 0.1) is 21.0 Å². The van der Waals surface area contributed by atoms with E-state index in [0.29, 0.717) is 23.1 Å². The van der Waals surface area contributed by atoms with Crippen molar-refractivity contribution in [1.29, 1.82) is 0 Å². The third kappa shape index (κ3) is 5.93. The van der Waals surface area contributed by atoms with E-state index in [4.69, 9.17) is 21.1 Å². The first-order valence-corrected chi connectivity index (χ1v) is 13.1. The van der Waals surface area contributed by atoms with Crippen molar-refractivity contribution in [2.75, 3.05) is 26.3 Å². The average molecular weight is 594 g/mol. The Bertz CT molecular complexity index is 1240. The van der Waals surface area contributed by atoms with Crippen molar-refractivity contribution in [2.45, 2.75) is 19.9 Å². The van der Waals surface area contributed by atoms with Gasteiger partial charge in [-0.25, -0.2) is 4.79 Å². The van der Waals surface area contributed by atoms with E-state index < -0.39 is 17.1 Å². The van der Waals surface area contributed by atoms with E-state index in [1.165, 1.54) is 11.6 Å². The summed E-state index contributed by atoms with van der Waals surface area (Å²) in [5.74, 6) is -1.09. The summed E-state index contributed by atoms with van der Waals surface area (Å²) in [6, 6.07) is 11.1. The fraction of sp³-hybridized carbons (Fsp3) is 0.280. The maximum absolute atomic E-state index is 12.9. The Kier molecular flexibility index (Phi) is 8.38. The lowest BCUT2D eigenvalue weighted by Gasteiger charge is -2.29. The highest BCUT2D eigenvalue weighted by atomic mass is 79.9. The summed E-state index contributed by atoms with van der Waals surface area (Å²) in [7, 11) is 0. The highest BCUT2D eigenvalue weighted by Crippen LogP contribution is 2.37. The van der Waals surface area contributed by atoms with Gasteiger partial charge >= 0.3 is 5.97 Å². The molecule has 4 rings (SSSR count). The number of imide groups is 1. The zero-order chi connectivity index (χ0) is 25.8. The molecule has 2 aliphatic heterocycles. The molecule has 0 atom stereocenters. The van der Waals surface area contributed by atoms with Gasteiger partial charge in [0.1, 0.15) is 6.54 Å². The van der Waals surface area contributed by atoms with Gasteiger partial charge in [-0.2, -0.15) is 0 Å². The third-order valence-electron chi connectivity index (χ3n) is 5.61. The number of ether oxygens (including phenoxy) is 2. The molecule has 0 radical (unpaired) electrons. The van der Waals surface area contributed by atoms with E-state index in [-0.39, 0.29) is 41.3 Å². The molecule has 2 aromatic rings. The summed E-state index contributed by atoms with van der Waals surface area (Å²) in [6.45, 7) is 2.32. The van der Waals surface area contributed by atoms with Gasteiger partial charge in [-0.1, -0.05) is 35.9 Å². The average Bonchev–Trinajstić information content (AvgIpc) is 3.10. The summed E-state index contributed by atoms with van der Waals surface area (Å²) in [5.41, 5.74) is 2.82. The minimum Gasteiger partial charge on any atom is -0.479 e. The normalized spacial score (nSPS) is 16.4. The molecule has 3 amide bonds. The highest BCUT2D eigenvalue weighted by Gasteiger charge is 2.37. The molecule has 0 aromatic heterocycles.